The maximum Gasteiger partial charge on any atom is 0.246 e. The lowest BCUT2D eigenvalue weighted by atomic mass is 10.0. The van der Waals surface area contributed by atoms with E-state index in [9.17, 15) is 0 Å². The van der Waals surface area contributed by atoms with E-state index in [2.05, 4.69) is 50.7 Å². The van der Waals surface area contributed by atoms with Crippen molar-refractivity contribution in [2.24, 2.45) is 0 Å². The Balaban J connectivity index is 0.00000289. The van der Waals surface area contributed by atoms with Crippen LogP contribution in [-0.4, -0.2) is 59.1 Å². The van der Waals surface area contributed by atoms with Crippen molar-refractivity contribution in [3.8, 4) is 5.69 Å². The fraction of sp³-hybridized carbons (Fsp3) is 0.417. The molecular formula is C24H34N6O. The number of para-hydroxylation sites is 1. The van der Waals surface area contributed by atoms with Gasteiger partial charge in [0.05, 0.1) is 5.69 Å². The molecule has 1 aliphatic rings. The van der Waals surface area contributed by atoms with E-state index in [-0.39, 0.29) is 1.43 Å². The third-order valence-corrected chi connectivity index (χ3v) is 5.63. The number of benzene rings is 2. The summed E-state index contributed by atoms with van der Waals surface area (Å²) >= 11 is 0. The van der Waals surface area contributed by atoms with Gasteiger partial charge >= 0.3 is 0 Å². The molecule has 0 spiro atoms. The van der Waals surface area contributed by atoms with Crippen LogP contribution < -0.4 is 10.6 Å². The number of rotatable bonds is 9. The van der Waals surface area contributed by atoms with Gasteiger partial charge in [0, 0.05) is 52.2 Å². The highest BCUT2D eigenvalue weighted by atomic mass is 16.5. The molecule has 0 bridgehead atoms. The molecule has 2 aromatic carbocycles. The summed E-state index contributed by atoms with van der Waals surface area (Å²) in [5.41, 5.74) is 4.32. The number of piperidine rings is 1. The van der Waals surface area contributed by atoms with Gasteiger partial charge in [-0.3, -0.25) is 0 Å². The molecule has 4 rings (SSSR count). The van der Waals surface area contributed by atoms with Crippen LogP contribution in [0.1, 0.15) is 26.3 Å². The fourth-order valence-electron chi connectivity index (χ4n) is 4.06. The van der Waals surface area contributed by atoms with Crippen LogP contribution in [0.3, 0.4) is 0 Å². The summed E-state index contributed by atoms with van der Waals surface area (Å²) in [5, 5.41) is 11.6. The third-order valence-electron chi connectivity index (χ3n) is 5.63. The second-order valence-electron chi connectivity index (χ2n) is 8.17. The summed E-state index contributed by atoms with van der Waals surface area (Å²) in [6, 6.07) is 17.0. The lowest BCUT2D eigenvalue weighted by Gasteiger charge is -2.33. The van der Waals surface area contributed by atoms with E-state index in [1.54, 1.807) is 18.1 Å². The van der Waals surface area contributed by atoms with Crippen molar-refractivity contribution in [3.05, 3.63) is 60.4 Å². The summed E-state index contributed by atoms with van der Waals surface area (Å²) in [5.74, 6) is 0.588. The molecule has 2 N–H and O–H groups in total. The number of ether oxygens (including phenoxy) is 1. The highest BCUT2D eigenvalue weighted by Gasteiger charge is 2.19. The highest BCUT2D eigenvalue weighted by molar-refractivity contribution is 5.63. The van der Waals surface area contributed by atoms with Crippen molar-refractivity contribution >= 4 is 17.3 Å². The Bertz CT molecular complexity index is 956. The topological polar surface area (TPSA) is 67.2 Å². The molecule has 0 saturated carbocycles. The first kappa shape index (κ1) is 21.3. The van der Waals surface area contributed by atoms with Crippen LogP contribution >= 0.6 is 0 Å². The summed E-state index contributed by atoms with van der Waals surface area (Å²) in [4.78, 5) is 6.94. The zero-order valence-corrected chi connectivity index (χ0v) is 18.4. The first-order chi connectivity index (χ1) is 15.2. The Morgan fingerprint density at radius 1 is 1.10 bits per heavy atom. The predicted octanol–water partition coefficient (Wildman–Crippen LogP) is 4.48. The number of likely N-dealkylation sites (tertiary alicyclic amines) is 1. The van der Waals surface area contributed by atoms with Gasteiger partial charge in [-0.05, 0) is 62.1 Å². The van der Waals surface area contributed by atoms with Crippen LogP contribution in [0.15, 0.2) is 54.9 Å². The Labute approximate surface area is 185 Å². The van der Waals surface area contributed by atoms with Crippen LogP contribution in [0.5, 0.6) is 0 Å². The maximum absolute atomic E-state index is 5.17. The van der Waals surface area contributed by atoms with Gasteiger partial charge in [0.25, 0.3) is 0 Å². The molecule has 0 radical (unpaired) electrons. The van der Waals surface area contributed by atoms with Crippen LogP contribution in [0.4, 0.5) is 17.3 Å². The molecule has 7 nitrogen and oxygen atoms in total. The molecule has 0 amide bonds. The van der Waals surface area contributed by atoms with Crippen molar-refractivity contribution < 1.29 is 6.16 Å². The Hall–Kier alpha value is -2.90. The van der Waals surface area contributed by atoms with Gasteiger partial charge in [-0.2, -0.15) is 4.98 Å². The molecule has 166 valence electrons. The van der Waals surface area contributed by atoms with Crippen molar-refractivity contribution in [1.82, 2.24) is 19.7 Å². The van der Waals surface area contributed by atoms with Crippen molar-refractivity contribution in [1.29, 1.82) is 0 Å². The lowest BCUT2D eigenvalue weighted by Crippen LogP contribution is -2.39. The molecule has 1 aliphatic heterocycles. The van der Waals surface area contributed by atoms with E-state index in [4.69, 9.17) is 4.74 Å². The molecule has 1 fully saturated rings. The van der Waals surface area contributed by atoms with E-state index < -0.39 is 0 Å². The molecule has 0 aliphatic carbocycles. The number of methoxy groups -OCH3 is 1. The second kappa shape index (κ2) is 10.4. The Morgan fingerprint density at radius 3 is 2.65 bits per heavy atom. The molecular weight excluding hydrogens is 388 g/mol. The van der Waals surface area contributed by atoms with E-state index in [0.29, 0.717) is 12.0 Å². The van der Waals surface area contributed by atoms with Crippen LogP contribution in [0.25, 0.3) is 5.69 Å². The van der Waals surface area contributed by atoms with Gasteiger partial charge < -0.3 is 20.3 Å². The second-order valence-corrected chi connectivity index (χ2v) is 8.17. The Morgan fingerprint density at radius 2 is 1.87 bits per heavy atom. The van der Waals surface area contributed by atoms with Crippen LogP contribution in [-0.2, 0) is 4.74 Å². The number of anilines is 3. The van der Waals surface area contributed by atoms with E-state index in [0.717, 1.165) is 62.6 Å². The highest BCUT2D eigenvalue weighted by Crippen LogP contribution is 2.24. The number of hydrogen-bond acceptors (Lipinski definition) is 6. The summed E-state index contributed by atoms with van der Waals surface area (Å²) in [7, 11) is 1.77. The van der Waals surface area contributed by atoms with Gasteiger partial charge in [-0.15, -0.1) is 5.10 Å². The smallest absolute Gasteiger partial charge is 0.246 e. The number of nitrogens with one attached hydrogen (secondary N) is 2. The molecule has 2 heterocycles. The first-order valence-electron chi connectivity index (χ1n) is 11.0. The third kappa shape index (κ3) is 6.06. The SMILES string of the molecule is COCCCN1CCC(Nc2cc(C)cc(Nc3ncn(-c4ccccc4)n3)c2)CC1.[HH]. The summed E-state index contributed by atoms with van der Waals surface area (Å²) in [6.45, 7) is 6.36. The molecule has 1 aromatic heterocycles. The Kier molecular flexibility index (Phi) is 7.17. The fourth-order valence-corrected chi connectivity index (χ4v) is 4.06. The van der Waals surface area contributed by atoms with Crippen molar-refractivity contribution in [2.45, 2.75) is 32.2 Å². The largest absolute Gasteiger partial charge is 0.385 e. The predicted molar refractivity (Wildman–Crippen MR) is 128 cm³/mol. The zero-order valence-electron chi connectivity index (χ0n) is 18.4. The van der Waals surface area contributed by atoms with Gasteiger partial charge in [-0.1, -0.05) is 18.2 Å². The standard InChI is InChI=1S/C24H32N6O.H2/c1-19-15-21(26-20-9-12-29(13-10-20)11-6-14-31-2)17-22(16-19)27-24-25-18-30(28-24)23-7-4-3-5-8-23;/h3-5,7-8,15-18,20,26H,6,9-14H2,1-2H3,(H,27,28);1H. The average Bonchev–Trinajstić information content (AvgIpc) is 3.24. The quantitative estimate of drug-likeness (QED) is 0.496. The minimum absolute atomic E-state index is 0. The number of nitrogens with zero attached hydrogens (tertiary/aromatic N) is 4. The lowest BCUT2D eigenvalue weighted by molar-refractivity contribution is 0.159. The molecule has 31 heavy (non-hydrogen) atoms. The van der Waals surface area contributed by atoms with Crippen LogP contribution in [0.2, 0.25) is 0 Å². The maximum atomic E-state index is 5.17. The average molecular weight is 423 g/mol. The van der Waals surface area contributed by atoms with E-state index >= 15 is 0 Å². The molecule has 0 atom stereocenters. The molecule has 1 saturated heterocycles. The van der Waals surface area contributed by atoms with E-state index in [1.165, 1.54) is 5.56 Å². The van der Waals surface area contributed by atoms with Gasteiger partial charge in [0.2, 0.25) is 5.95 Å². The monoisotopic (exact) mass is 422 g/mol. The number of aryl methyl sites for hydroxylation is 1. The first-order valence-corrected chi connectivity index (χ1v) is 11.0. The van der Waals surface area contributed by atoms with Gasteiger partial charge in [0.15, 0.2) is 0 Å². The zero-order chi connectivity index (χ0) is 21.5. The van der Waals surface area contributed by atoms with Crippen molar-refractivity contribution in [3.63, 3.8) is 0 Å². The molecule has 3 aromatic rings. The minimum Gasteiger partial charge on any atom is -0.385 e. The summed E-state index contributed by atoms with van der Waals surface area (Å²) in [6.07, 6.45) is 5.15. The molecule has 7 heteroatoms. The number of hydrogen-bond donors (Lipinski definition) is 2. The number of aromatic nitrogens is 3. The minimum atomic E-state index is 0. The van der Waals surface area contributed by atoms with E-state index in [1.807, 2.05) is 30.3 Å². The normalized spacial score (nSPS) is 15.2. The van der Waals surface area contributed by atoms with Crippen LogP contribution in [0, 0.1) is 6.92 Å². The summed E-state index contributed by atoms with van der Waals surface area (Å²) < 4.78 is 6.94. The van der Waals surface area contributed by atoms with Crippen molar-refractivity contribution in [2.75, 3.05) is 44.0 Å². The molecule has 0 unspecified atom stereocenters. The van der Waals surface area contributed by atoms with Gasteiger partial charge in [0.1, 0.15) is 6.33 Å². The van der Waals surface area contributed by atoms with Gasteiger partial charge in [-0.25, -0.2) is 4.68 Å².